The molecule has 1 saturated heterocycles. The summed E-state index contributed by atoms with van der Waals surface area (Å²) in [6, 6.07) is 5.26. The molecule has 4 aliphatic rings. The number of nitrogens with zero attached hydrogens (tertiary/aromatic N) is 3. The number of hydrogen-bond donors (Lipinski definition) is 3. The monoisotopic (exact) mass is 715 g/mol. The highest BCUT2D eigenvalue weighted by Gasteiger charge is 2.65. The Bertz CT molecular complexity index is 1350. The lowest BCUT2D eigenvalue weighted by Crippen LogP contribution is -2.70. The minimum Gasteiger partial charge on any atom is -0.492 e. The molecule has 2 aliphatic carbocycles. The molecule has 1 saturated carbocycles. The molecule has 2 aliphatic heterocycles. The maximum atomic E-state index is 13.7. The first-order valence-electron chi connectivity index (χ1n) is 18.5. The topological polar surface area (TPSA) is 152 Å². The summed E-state index contributed by atoms with van der Waals surface area (Å²) in [5, 5.41) is 33.4. The van der Waals surface area contributed by atoms with Crippen molar-refractivity contribution in [1.29, 1.82) is 0 Å². The van der Waals surface area contributed by atoms with E-state index in [1.54, 1.807) is 11.0 Å². The predicted molar refractivity (Wildman–Crippen MR) is 191 cm³/mol. The summed E-state index contributed by atoms with van der Waals surface area (Å²) in [4.78, 5) is 23.0. The Labute approximate surface area is 301 Å². The lowest BCUT2D eigenvalue weighted by Gasteiger charge is -2.59. The number of allylic oxidation sites excluding steroid dienone is 1. The van der Waals surface area contributed by atoms with Gasteiger partial charge in [-0.25, -0.2) is 4.79 Å². The number of rotatable bonds is 22. The number of ether oxygens (including phenoxy) is 5. The van der Waals surface area contributed by atoms with Crippen LogP contribution in [0.25, 0.3) is 0 Å². The summed E-state index contributed by atoms with van der Waals surface area (Å²) in [7, 11) is 2.86. The van der Waals surface area contributed by atoms with Crippen LogP contribution in [0.15, 0.2) is 47.7 Å². The van der Waals surface area contributed by atoms with E-state index in [0.717, 1.165) is 62.2 Å². The van der Waals surface area contributed by atoms with Gasteiger partial charge in [0.25, 0.3) is 0 Å². The van der Waals surface area contributed by atoms with Gasteiger partial charge in [-0.15, -0.1) is 6.58 Å². The maximum Gasteiger partial charge on any atom is 0.410 e. The number of aliphatic hydroxyl groups excluding tert-OH is 3. The average molecular weight is 716 g/mol. The van der Waals surface area contributed by atoms with E-state index in [0.29, 0.717) is 30.9 Å². The number of carbonyl (C=O) groups is 1. The summed E-state index contributed by atoms with van der Waals surface area (Å²) in [5.41, 5.74) is 2.65. The number of methoxy groups -OCH3 is 1. The summed E-state index contributed by atoms with van der Waals surface area (Å²) >= 11 is 0. The first-order chi connectivity index (χ1) is 25.0. The Morgan fingerprint density at radius 3 is 2.55 bits per heavy atom. The average Bonchev–Trinajstić information content (AvgIpc) is 3.97. The Morgan fingerprint density at radius 2 is 1.86 bits per heavy atom. The zero-order valence-corrected chi connectivity index (χ0v) is 30.2. The largest absolute Gasteiger partial charge is 0.492 e. The number of aliphatic hydroxyl groups is 3. The van der Waals surface area contributed by atoms with Crippen LogP contribution < -0.4 is 9.47 Å². The molecule has 51 heavy (non-hydrogen) atoms. The lowest BCUT2D eigenvalue weighted by atomic mass is 9.55. The van der Waals surface area contributed by atoms with E-state index in [4.69, 9.17) is 28.5 Å². The summed E-state index contributed by atoms with van der Waals surface area (Å²) in [5.74, 6) is -0.318. The Kier molecular flexibility index (Phi) is 14.6. The second kappa shape index (κ2) is 19.0. The van der Waals surface area contributed by atoms with Crippen molar-refractivity contribution in [2.45, 2.75) is 62.7 Å². The molecular formula is C38H57N3O10. The van der Waals surface area contributed by atoms with E-state index in [1.807, 2.05) is 12.1 Å². The smallest absolute Gasteiger partial charge is 0.410 e. The molecule has 3 N–H and O–H groups in total. The number of benzene rings is 1. The van der Waals surface area contributed by atoms with Gasteiger partial charge in [0.2, 0.25) is 5.79 Å². The first-order valence-corrected chi connectivity index (χ1v) is 18.5. The fourth-order valence-electron chi connectivity index (χ4n) is 8.26. The lowest BCUT2D eigenvalue weighted by molar-refractivity contribution is -0.255. The molecule has 1 aromatic rings. The van der Waals surface area contributed by atoms with Crippen LogP contribution in [-0.4, -0.2) is 135 Å². The molecule has 0 radical (unpaired) electrons. The molecule has 1 aromatic carbocycles. The van der Waals surface area contributed by atoms with Crippen LogP contribution in [-0.2, 0) is 19.0 Å². The van der Waals surface area contributed by atoms with Crippen molar-refractivity contribution >= 4 is 11.8 Å². The fourth-order valence-corrected chi connectivity index (χ4v) is 8.26. The van der Waals surface area contributed by atoms with Crippen molar-refractivity contribution in [1.82, 2.24) is 9.80 Å². The number of oxime groups is 1. The van der Waals surface area contributed by atoms with Gasteiger partial charge >= 0.3 is 6.09 Å². The van der Waals surface area contributed by atoms with Gasteiger partial charge in [-0.3, -0.25) is 9.80 Å². The van der Waals surface area contributed by atoms with Crippen LogP contribution in [0.2, 0.25) is 0 Å². The number of amides is 1. The van der Waals surface area contributed by atoms with E-state index >= 15 is 0 Å². The van der Waals surface area contributed by atoms with Gasteiger partial charge in [-0.1, -0.05) is 30.1 Å². The van der Waals surface area contributed by atoms with Crippen LogP contribution in [0.5, 0.6) is 11.5 Å². The van der Waals surface area contributed by atoms with Gasteiger partial charge in [-0.2, -0.15) is 0 Å². The van der Waals surface area contributed by atoms with Crippen molar-refractivity contribution in [3.8, 4) is 11.5 Å². The third kappa shape index (κ3) is 9.06. The molecule has 13 heteroatoms. The van der Waals surface area contributed by atoms with Gasteiger partial charge in [0, 0.05) is 57.3 Å². The predicted octanol–water partition coefficient (Wildman–Crippen LogP) is 3.72. The molecule has 0 bridgehead atoms. The van der Waals surface area contributed by atoms with E-state index in [9.17, 15) is 20.1 Å². The van der Waals surface area contributed by atoms with E-state index < -0.39 is 23.8 Å². The molecule has 2 fully saturated rings. The van der Waals surface area contributed by atoms with E-state index in [2.05, 4.69) is 28.8 Å². The molecule has 0 aromatic heterocycles. The summed E-state index contributed by atoms with van der Waals surface area (Å²) < 4.78 is 31.3. The molecular weight excluding hydrogens is 658 g/mol. The van der Waals surface area contributed by atoms with Crippen LogP contribution in [0, 0.1) is 17.8 Å². The highest BCUT2D eigenvalue weighted by molar-refractivity contribution is 6.02. The zero-order valence-electron chi connectivity index (χ0n) is 30.2. The third-order valence-corrected chi connectivity index (χ3v) is 10.6. The van der Waals surface area contributed by atoms with Crippen LogP contribution >= 0.6 is 0 Å². The van der Waals surface area contributed by atoms with Gasteiger partial charge < -0.3 is 43.8 Å². The van der Waals surface area contributed by atoms with E-state index in [1.165, 1.54) is 14.2 Å². The van der Waals surface area contributed by atoms with Gasteiger partial charge in [0.1, 0.15) is 31.3 Å². The second-order valence-electron chi connectivity index (χ2n) is 13.6. The van der Waals surface area contributed by atoms with Gasteiger partial charge in [0.15, 0.2) is 0 Å². The molecule has 284 valence electrons. The standard InChI is InChI=1S/C38H57N3O10/c1-4-20-50-38-34(41(37(45)46-2)16-21-48-23-19-44)26-32(39-47-3)30-24-27(9-5-7-17-42)29(10-6-8-18-43)35(36(30)38)31-25-28(11-12-33(31)51-38)49-22-15-40-13-14-40/h4,11-12,24-25,27,29,34-36,42-44H,1,5-10,13-23,26H2,2-3H3. The Morgan fingerprint density at radius 1 is 1.08 bits per heavy atom. The number of fused-ring (bicyclic) bond motifs is 2. The van der Waals surface area contributed by atoms with Crippen molar-refractivity contribution in [2.24, 2.45) is 22.9 Å². The molecule has 6 unspecified atom stereocenters. The Balaban J connectivity index is 1.70. The van der Waals surface area contributed by atoms with Gasteiger partial charge in [0.05, 0.1) is 45.2 Å². The minimum absolute atomic E-state index is 0.105. The third-order valence-electron chi connectivity index (χ3n) is 10.6. The maximum absolute atomic E-state index is 13.7. The molecule has 0 spiro atoms. The quantitative estimate of drug-likeness (QED) is 0.0698. The highest BCUT2D eigenvalue weighted by Crippen LogP contribution is 2.61. The molecule has 5 rings (SSSR count). The number of hydrogen-bond acceptors (Lipinski definition) is 12. The van der Waals surface area contributed by atoms with Crippen molar-refractivity contribution < 1.29 is 48.6 Å². The normalized spacial score (nSPS) is 27.1. The SMILES string of the molecule is C=CCOC12Oc3ccc(OCCN4CC4)cc3C3C(CCCCO)C(CCCCO)C=C(C(=NOC)CC1N(CCOCCO)C(=O)OC)C32. The Hall–Kier alpha value is -3.20. The van der Waals surface area contributed by atoms with Crippen molar-refractivity contribution in [2.75, 3.05) is 86.6 Å². The second-order valence-corrected chi connectivity index (χ2v) is 13.6. The first kappa shape index (κ1) is 39.0. The zero-order chi connectivity index (χ0) is 36.2. The minimum atomic E-state index is -1.39. The molecule has 1 amide bonds. The summed E-state index contributed by atoms with van der Waals surface area (Å²) in [6.07, 6.45) is 8.41. The number of carbonyl (C=O) groups excluding carboxylic acids is 1. The van der Waals surface area contributed by atoms with Crippen LogP contribution in [0.3, 0.4) is 0 Å². The van der Waals surface area contributed by atoms with Crippen LogP contribution in [0.1, 0.15) is 56.4 Å². The van der Waals surface area contributed by atoms with Crippen molar-refractivity contribution in [3.63, 3.8) is 0 Å². The van der Waals surface area contributed by atoms with E-state index in [-0.39, 0.29) is 70.4 Å². The highest BCUT2D eigenvalue weighted by atomic mass is 16.7. The fraction of sp³-hybridized carbons (Fsp3) is 0.684. The molecule has 2 heterocycles. The summed E-state index contributed by atoms with van der Waals surface area (Å²) in [6.45, 7) is 8.28. The molecule has 6 atom stereocenters. The van der Waals surface area contributed by atoms with Crippen molar-refractivity contribution in [3.05, 3.63) is 48.1 Å². The van der Waals surface area contributed by atoms with Gasteiger partial charge in [-0.05, 0) is 61.3 Å². The number of unbranched alkanes of at least 4 members (excludes halogenated alkanes) is 2. The molecule has 13 nitrogen and oxygen atoms in total. The van der Waals surface area contributed by atoms with Crippen LogP contribution in [0.4, 0.5) is 4.79 Å².